The highest BCUT2D eigenvalue weighted by atomic mass is 19.1. The Labute approximate surface area is 126 Å². The highest BCUT2D eigenvalue weighted by Crippen LogP contribution is 2.30. The summed E-state index contributed by atoms with van der Waals surface area (Å²) in [4.78, 5) is 2.31. The molecular formula is C16H25FN2O2. The van der Waals surface area contributed by atoms with Gasteiger partial charge < -0.3 is 19.7 Å². The van der Waals surface area contributed by atoms with Gasteiger partial charge in [0.05, 0.1) is 25.4 Å². The number of ether oxygens (including phenoxy) is 2. The van der Waals surface area contributed by atoms with Crippen molar-refractivity contribution in [1.82, 2.24) is 5.32 Å². The summed E-state index contributed by atoms with van der Waals surface area (Å²) in [6.07, 6.45) is 0. The zero-order valence-corrected chi connectivity index (χ0v) is 13.1. The molecule has 0 radical (unpaired) electrons. The number of nitrogens with zero attached hydrogens (tertiary/aromatic N) is 1. The molecule has 118 valence electrons. The van der Waals surface area contributed by atoms with Crippen molar-refractivity contribution in [3.05, 3.63) is 29.6 Å². The molecule has 1 N–H and O–H groups in total. The fourth-order valence-corrected chi connectivity index (χ4v) is 2.66. The SMILES string of the molecule is COCCNCc1cc(F)ccc1N1CCOCC1(C)C. The molecule has 0 aliphatic carbocycles. The molecule has 0 bridgehead atoms. The van der Waals surface area contributed by atoms with E-state index in [1.54, 1.807) is 13.2 Å². The second-order valence-corrected chi connectivity index (χ2v) is 5.96. The van der Waals surface area contributed by atoms with Gasteiger partial charge in [0.2, 0.25) is 0 Å². The summed E-state index contributed by atoms with van der Waals surface area (Å²) in [7, 11) is 1.67. The van der Waals surface area contributed by atoms with Crippen LogP contribution in [0.2, 0.25) is 0 Å². The van der Waals surface area contributed by atoms with E-state index in [0.29, 0.717) is 26.4 Å². The van der Waals surface area contributed by atoms with Crippen LogP contribution in [0.5, 0.6) is 0 Å². The van der Waals surface area contributed by atoms with Crippen molar-refractivity contribution in [2.75, 3.05) is 44.9 Å². The summed E-state index contributed by atoms with van der Waals surface area (Å²) in [6.45, 7) is 8.54. The largest absolute Gasteiger partial charge is 0.383 e. The molecule has 4 nitrogen and oxygen atoms in total. The standard InChI is InChI=1S/C16H25FN2O2/c1-16(2)12-21-9-7-19(16)15-5-4-14(17)10-13(15)11-18-6-8-20-3/h4-5,10,18H,6-9,11-12H2,1-3H3. The van der Waals surface area contributed by atoms with Gasteiger partial charge in [-0.1, -0.05) is 0 Å². The third kappa shape index (κ3) is 4.15. The highest BCUT2D eigenvalue weighted by molar-refractivity contribution is 5.56. The van der Waals surface area contributed by atoms with Crippen LogP contribution >= 0.6 is 0 Å². The molecule has 2 rings (SSSR count). The van der Waals surface area contributed by atoms with Gasteiger partial charge in [-0.15, -0.1) is 0 Å². The van der Waals surface area contributed by atoms with Crippen molar-refractivity contribution in [3.63, 3.8) is 0 Å². The normalized spacial score (nSPS) is 18.0. The van der Waals surface area contributed by atoms with Crippen LogP contribution in [0.4, 0.5) is 10.1 Å². The van der Waals surface area contributed by atoms with E-state index in [4.69, 9.17) is 9.47 Å². The smallest absolute Gasteiger partial charge is 0.123 e. The van der Waals surface area contributed by atoms with E-state index in [1.807, 2.05) is 6.07 Å². The van der Waals surface area contributed by atoms with E-state index in [0.717, 1.165) is 24.3 Å². The quantitative estimate of drug-likeness (QED) is 0.816. The monoisotopic (exact) mass is 296 g/mol. The van der Waals surface area contributed by atoms with Crippen LogP contribution in [-0.4, -0.2) is 45.6 Å². The van der Waals surface area contributed by atoms with E-state index in [2.05, 4.69) is 24.1 Å². The molecule has 0 unspecified atom stereocenters. The van der Waals surface area contributed by atoms with Crippen molar-refractivity contribution in [2.45, 2.75) is 25.9 Å². The molecule has 0 saturated carbocycles. The Morgan fingerprint density at radius 2 is 2.24 bits per heavy atom. The predicted molar refractivity (Wildman–Crippen MR) is 82.2 cm³/mol. The molecule has 5 heteroatoms. The molecule has 21 heavy (non-hydrogen) atoms. The topological polar surface area (TPSA) is 33.7 Å². The molecule has 1 aromatic carbocycles. The maximum Gasteiger partial charge on any atom is 0.123 e. The van der Waals surface area contributed by atoms with Gasteiger partial charge in [0.25, 0.3) is 0 Å². The molecule has 1 fully saturated rings. The lowest BCUT2D eigenvalue weighted by atomic mass is 9.99. The van der Waals surface area contributed by atoms with Gasteiger partial charge in [-0.05, 0) is 37.6 Å². The third-order valence-electron chi connectivity index (χ3n) is 3.78. The lowest BCUT2D eigenvalue weighted by Crippen LogP contribution is -2.53. The second-order valence-electron chi connectivity index (χ2n) is 5.96. The first-order chi connectivity index (χ1) is 10.0. The average molecular weight is 296 g/mol. The molecule has 1 saturated heterocycles. The van der Waals surface area contributed by atoms with Crippen molar-refractivity contribution in [1.29, 1.82) is 0 Å². The lowest BCUT2D eigenvalue weighted by Gasteiger charge is -2.44. The number of hydrogen-bond acceptors (Lipinski definition) is 4. The van der Waals surface area contributed by atoms with Crippen molar-refractivity contribution in [2.24, 2.45) is 0 Å². The number of nitrogens with one attached hydrogen (secondary N) is 1. The van der Waals surface area contributed by atoms with E-state index in [-0.39, 0.29) is 11.4 Å². The van der Waals surface area contributed by atoms with Crippen LogP contribution in [0.25, 0.3) is 0 Å². The second kappa shape index (κ2) is 7.20. The average Bonchev–Trinajstić information content (AvgIpc) is 2.44. The summed E-state index contributed by atoms with van der Waals surface area (Å²) in [6, 6.07) is 5.01. The molecule has 0 atom stereocenters. The van der Waals surface area contributed by atoms with E-state index in [9.17, 15) is 4.39 Å². The minimum absolute atomic E-state index is 0.0860. The van der Waals surface area contributed by atoms with Crippen LogP contribution in [0, 0.1) is 5.82 Å². The van der Waals surface area contributed by atoms with Crippen molar-refractivity contribution in [3.8, 4) is 0 Å². The van der Waals surface area contributed by atoms with Crippen LogP contribution in [-0.2, 0) is 16.0 Å². The Bertz CT molecular complexity index is 466. The summed E-state index contributed by atoms with van der Waals surface area (Å²) in [5, 5.41) is 3.29. The number of benzene rings is 1. The number of halogens is 1. The van der Waals surface area contributed by atoms with Gasteiger partial charge in [-0.2, -0.15) is 0 Å². The molecule has 1 aliphatic heterocycles. The van der Waals surface area contributed by atoms with Gasteiger partial charge in [-0.3, -0.25) is 0 Å². The Morgan fingerprint density at radius 1 is 1.43 bits per heavy atom. The first-order valence-corrected chi connectivity index (χ1v) is 7.38. The zero-order valence-electron chi connectivity index (χ0n) is 13.1. The molecular weight excluding hydrogens is 271 g/mol. The van der Waals surface area contributed by atoms with Crippen LogP contribution in [0.15, 0.2) is 18.2 Å². The number of methoxy groups -OCH3 is 1. The number of anilines is 1. The molecule has 1 heterocycles. The van der Waals surface area contributed by atoms with Crippen LogP contribution in [0.1, 0.15) is 19.4 Å². The Balaban J connectivity index is 2.17. The maximum atomic E-state index is 13.6. The Kier molecular flexibility index (Phi) is 5.56. The van der Waals surface area contributed by atoms with Crippen molar-refractivity contribution < 1.29 is 13.9 Å². The zero-order chi connectivity index (χ0) is 15.3. The molecule has 1 aliphatic rings. The molecule has 0 spiro atoms. The number of morpholine rings is 1. The highest BCUT2D eigenvalue weighted by Gasteiger charge is 2.31. The third-order valence-corrected chi connectivity index (χ3v) is 3.78. The summed E-state index contributed by atoms with van der Waals surface area (Å²) in [5.74, 6) is -0.201. The number of rotatable bonds is 6. The summed E-state index contributed by atoms with van der Waals surface area (Å²) in [5.41, 5.74) is 1.97. The van der Waals surface area contributed by atoms with E-state index >= 15 is 0 Å². The predicted octanol–water partition coefficient (Wildman–Crippen LogP) is 2.18. The Morgan fingerprint density at radius 3 is 2.95 bits per heavy atom. The molecule has 1 aromatic rings. The van der Waals surface area contributed by atoms with Gasteiger partial charge in [0, 0.05) is 32.4 Å². The fourth-order valence-electron chi connectivity index (χ4n) is 2.66. The fraction of sp³-hybridized carbons (Fsp3) is 0.625. The van der Waals surface area contributed by atoms with Gasteiger partial charge in [0.1, 0.15) is 5.82 Å². The number of hydrogen-bond donors (Lipinski definition) is 1. The first kappa shape index (κ1) is 16.2. The summed E-state index contributed by atoms with van der Waals surface area (Å²) >= 11 is 0. The van der Waals surface area contributed by atoms with Crippen LogP contribution in [0.3, 0.4) is 0 Å². The minimum atomic E-state index is -0.201. The van der Waals surface area contributed by atoms with E-state index < -0.39 is 0 Å². The van der Waals surface area contributed by atoms with E-state index in [1.165, 1.54) is 6.07 Å². The van der Waals surface area contributed by atoms with Gasteiger partial charge in [0.15, 0.2) is 0 Å². The molecule has 0 aromatic heterocycles. The van der Waals surface area contributed by atoms with Gasteiger partial charge >= 0.3 is 0 Å². The first-order valence-electron chi connectivity index (χ1n) is 7.38. The minimum Gasteiger partial charge on any atom is -0.383 e. The lowest BCUT2D eigenvalue weighted by molar-refractivity contribution is 0.0643. The maximum absolute atomic E-state index is 13.6. The summed E-state index contributed by atoms with van der Waals surface area (Å²) < 4.78 is 24.2. The van der Waals surface area contributed by atoms with Gasteiger partial charge in [-0.25, -0.2) is 4.39 Å². The molecule has 0 amide bonds. The van der Waals surface area contributed by atoms with Crippen molar-refractivity contribution >= 4 is 5.69 Å². The van der Waals surface area contributed by atoms with Crippen LogP contribution < -0.4 is 10.2 Å². The Hall–Kier alpha value is -1.17.